The molecule has 0 amide bonds. The Morgan fingerprint density at radius 2 is 0.560 bits per heavy atom. The maximum Gasteiger partial charge on any atom is 0.136 e. The molecule has 600 valence electrons. The fraction of sp³-hybridized carbons (Fsp3) is 0.0508. The van der Waals surface area contributed by atoms with Gasteiger partial charge < -0.3 is 19.1 Å². The number of nitrogens with zero attached hydrogens (tertiary/aromatic N) is 3. The summed E-state index contributed by atoms with van der Waals surface area (Å²) in [4.78, 5) is 7.03. The molecule has 1 aromatic heterocycles. The lowest BCUT2D eigenvalue weighted by molar-refractivity contribution is 0.660. The number of benzene rings is 19. The second kappa shape index (κ2) is 34.1. The van der Waals surface area contributed by atoms with Crippen molar-refractivity contribution >= 4 is 132 Å². The molecule has 20 aromatic rings. The van der Waals surface area contributed by atoms with Gasteiger partial charge >= 0.3 is 0 Å². The van der Waals surface area contributed by atoms with Crippen LogP contribution in [0.2, 0.25) is 0 Å². The number of furan rings is 1. The molecule has 0 N–H and O–H groups in total. The molecule has 4 nitrogen and oxygen atoms in total. The molecule has 0 fully saturated rings. The molecule has 0 bridgehead atoms. The number of anilines is 9. The van der Waals surface area contributed by atoms with E-state index in [4.69, 9.17) is 4.42 Å². The Labute approximate surface area is 756 Å². The van der Waals surface area contributed by atoms with Crippen molar-refractivity contribution in [3.8, 4) is 89.0 Å². The van der Waals surface area contributed by atoms with E-state index >= 15 is 0 Å². The number of hydrogen-bond donors (Lipinski definition) is 0. The Bertz CT molecular complexity index is 7290. The van der Waals surface area contributed by atoms with Crippen LogP contribution in [0, 0.1) is 0 Å². The molecule has 0 saturated heterocycles. The zero-order chi connectivity index (χ0) is 84.7. The second-order valence-corrected chi connectivity index (χ2v) is 35.9. The largest absolute Gasteiger partial charge is 0.456 e. The van der Waals surface area contributed by atoms with Crippen LogP contribution in [0.4, 0.5) is 51.2 Å². The first-order valence-corrected chi connectivity index (χ1v) is 44.8. The summed E-state index contributed by atoms with van der Waals surface area (Å²) >= 11 is 11.1. The van der Waals surface area contributed by atoms with Gasteiger partial charge in [0.05, 0.1) is 5.69 Å². The third-order valence-corrected chi connectivity index (χ3v) is 26.2. The van der Waals surface area contributed by atoms with Crippen LogP contribution >= 0.6 is 47.8 Å². The molecule has 1 heterocycles. The SMILES string of the molecule is Brc1cc(-c2cc(-c3ccccc3)cc(-c3ccccc3)c2)cc(N(c2ccccc2)c2cccc(-c3ccccc3)c2)c1.Brc1ccc(N(c2ccccc2)c2ccc(-c3ccc4c(c3)oc3ccccc34)cc2)cc1.CC1(C)c2cc(Br)ccc2-c2ccc(-c3ccc(N(c4ccc5c(c4)C(C)(C)c4ccccc4-5)c4cccc5ccccc45)cc3)cc21. The van der Waals surface area contributed by atoms with Crippen LogP contribution < -0.4 is 14.7 Å². The first kappa shape index (κ1) is 79.5. The summed E-state index contributed by atoms with van der Waals surface area (Å²) in [6.45, 7) is 9.40. The quantitative estimate of drug-likeness (QED) is 0.102. The predicted molar refractivity (Wildman–Crippen MR) is 539 cm³/mol. The minimum Gasteiger partial charge on any atom is -0.456 e. The van der Waals surface area contributed by atoms with Gasteiger partial charge in [-0.15, -0.1) is 0 Å². The second-order valence-electron chi connectivity index (χ2n) is 33.2. The Kier molecular flexibility index (Phi) is 21.7. The zero-order valence-corrected chi connectivity index (χ0v) is 74.4. The van der Waals surface area contributed by atoms with Gasteiger partial charge in [0.25, 0.3) is 0 Å². The van der Waals surface area contributed by atoms with Crippen molar-refractivity contribution in [2.75, 3.05) is 14.7 Å². The van der Waals surface area contributed by atoms with E-state index < -0.39 is 0 Å². The van der Waals surface area contributed by atoms with Crippen molar-refractivity contribution in [2.45, 2.75) is 38.5 Å². The smallest absolute Gasteiger partial charge is 0.136 e. The van der Waals surface area contributed by atoms with E-state index in [0.29, 0.717) is 0 Å². The van der Waals surface area contributed by atoms with Crippen molar-refractivity contribution in [3.63, 3.8) is 0 Å². The molecular formula is C118H86Br3N3O. The minimum absolute atomic E-state index is 0.0590. The number of rotatable bonds is 15. The van der Waals surface area contributed by atoms with Crippen LogP contribution in [0.15, 0.2) is 467 Å². The first-order valence-electron chi connectivity index (χ1n) is 42.5. The molecule has 22 rings (SSSR count). The lowest BCUT2D eigenvalue weighted by Gasteiger charge is -2.29. The van der Waals surface area contributed by atoms with Gasteiger partial charge in [-0.2, -0.15) is 0 Å². The van der Waals surface area contributed by atoms with Crippen molar-refractivity contribution in [2.24, 2.45) is 0 Å². The maximum atomic E-state index is 6.09. The van der Waals surface area contributed by atoms with E-state index in [1.165, 1.54) is 117 Å². The third kappa shape index (κ3) is 15.8. The lowest BCUT2D eigenvalue weighted by atomic mass is 9.81. The van der Waals surface area contributed by atoms with Crippen LogP contribution in [-0.2, 0) is 10.8 Å². The average molecular weight is 1800 g/mol. The summed E-state index contributed by atoms with van der Waals surface area (Å²) in [6.07, 6.45) is 0. The fourth-order valence-electron chi connectivity index (χ4n) is 18.4. The highest BCUT2D eigenvalue weighted by atomic mass is 79.9. The molecule has 2 aliphatic carbocycles. The molecule has 0 spiro atoms. The Morgan fingerprint density at radius 3 is 1.20 bits per heavy atom. The topological polar surface area (TPSA) is 22.9 Å². The van der Waals surface area contributed by atoms with Crippen LogP contribution in [0.3, 0.4) is 0 Å². The average Bonchev–Trinajstić information content (AvgIpc) is 1.60. The Balaban J connectivity index is 0.000000121. The van der Waals surface area contributed by atoms with Gasteiger partial charge in [-0.3, -0.25) is 0 Å². The van der Waals surface area contributed by atoms with E-state index in [1.807, 2.05) is 24.3 Å². The summed E-state index contributed by atoms with van der Waals surface area (Å²) in [5, 5.41) is 4.78. The van der Waals surface area contributed by atoms with Crippen molar-refractivity contribution < 1.29 is 4.42 Å². The molecule has 2 aliphatic rings. The number of halogens is 3. The molecule has 0 saturated carbocycles. The number of fused-ring (bicyclic) bond motifs is 10. The standard InChI is InChI=1S/C46H36BrN.C42H30BrN.C30H20BrNO/c1-45(2)40-14-8-7-13-36(40)39-25-22-34(28-43(39)45)48(44-15-9-11-30-10-5-6-12-35(30)44)33-20-16-29(17-21-33)31-18-23-37-38-24-19-32(47)27-42(38)46(3,4)41(37)26-31;43-39-27-38(37-25-35(32-16-7-2-8-17-32)24-36(26-37)33-18-9-3-10-19-33)29-42(30-39)44(40-21-11-4-12-22-40)41-23-13-20-34(28-41)31-14-5-1-6-15-31;31-23-13-17-26(18-14-23)32(24-6-2-1-3-7-24)25-15-10-21(11-16-25)22-12-19-28-27-8-4-5-9-29(27)33-30(28)20-22/h5-28H,1-4H3;1-30H;1-20H. The van der Waals surface area contributed by atoms with Crippen molar-refractivity contribution in [3.05, 3.63) is 485 Å². The van der Waals surface area contributed by atoms with Gasteiger partial charge in [0.2, 0.25) is 0 Å². The fourth-order valence-corrected chi connectivity index (χ4v) is 19.5. The monoisotopic (exact) mass is 1800 g/mol. The minimum atomic E-state index is -0.0761. The molecule has 7 heteroatoms. The van der Waals surface area contributed by atoms with Gasteiger partial charge in [-0.05, 0) is 293 Å². The van der Waals surface area contributed by atoms with Gasteiger partial charge in [-0.25, -0.2) is 0 Å². The predicted octanol–water partition coefficient (Wildman–Crippen LogP) is 35.4. The molecular weight excluding hydrogens is 1720 g/mol. The normalized spacial score (nSPS) is 12.4. The Hall–Kier alpha value is -13.9. The number of hydrogen-bond acceptors (Lipinski definition) is 4. The Morgan fingerprint density at radius 1 is 0.192 bits per heavy atom. The van der Waals surface area contributed by atoms with Gasteiger partial charge in [0, 0.05) is 85.9 Å². The summed E-state index contributed by atoms with van der Waals surface area (Å²) < 4.78 is 9.31. The summed E-state index contributed by atoms with van der Waals surface area (Å²) in [5.41, 5.74) is 36.9. The van der Waals surface area contributed by atoms with Crippen LogP contribution in [-0.4, -0.2) is 0 Å². The van der Waals surface area contributed by atoms with E-state index in [0.717, 1.165) is 91.9 Å². The zero-order valence-electron chi connectivity index (χ0n) is 69.6. The van der Waals surface area contributed by atoms with Gasteiger partial charge in [0.1, 0.15) is 11.2 Å². The number of para-hydroxylation sites is 3. The van der Waals surface area contributed by atoms with E-state index in [1.54, 1.807) is 0 Å². The molecule has 0 aliphatic heterocycles. The van der Waals surface area contributed by atoms with Crippen molar-refractivity contribution in [1.29, 1.82) is 0 Å². The van der Waals surface area contributed by atoms with E-state index in [2.05, 4.69) is 515 Å². The van der Waals surface area contributed by atoms with E-state index in [9.17, 15) is 0 Å². The molecule has 0 unspecified atom stereocenters. The molecule has 0 radical (unpaired) electrons. The highest BCUT2D eigenvalue weighted by Gasteiger charge is 2.38. The van der Waals surface area contributed by atoms with Crippen LogP contribution in [0.1, 0.15) is 49.9 Å². The highest BCUT2D eigenvalue weighted by Crippen LogP contribution is 2.54. The molecule has 125 heavy (non-hydrogen) atoms. The molecule has 0 atom stereocenters. The van der Waals surface area contributed by atoms with E-state index in [-0.39, 0.29) is 10.8 Å². The maximum absolute atomic E-state index is 6.09. The van der Waals surface area contributed by atoms with Crippen LogP contribution in [0.5, 0.6) is 0 Å². The lowest BCUT2D eigenvalue weighted by Crippen LogP contribution is -2.16. The summed E-state index contributed by atoms with van der Waals surface area (Å²) in [5.74, 6) is 0. The molecule has 19 aromatic carbocycles. The first-order chi connectivity index (χ1) is 61.2. The third-order valence-electron chi connectivity index (χ3n) is 24.7. The van der Waals surface area contributed by atoms with Crippen molar-refractivity contribution in [1.82, 2.24) is 0 Å². The van der Waals surface area contributed by atoms with Crippen LogP contribution in [0.25, 0.3) is 122 Å². The summed E-state index contributed by atoms with van der Waals surface area (Å²) in [7, 11) is 0. The summed E-state index contributed by atoms with van der Waals surface area (Å²) in [6, 6.07) is 161. The van der Waals surface area contributed by atoms with Gasteiger partial charge in [-0.1, -0.05) is 348 Å². The highest BCUT2D eigenvalue weighted by molar-refractivity contribution is 9.11. The van der Waals surface area contributed by atoms with Gasteiger partial charge in [0.15, 0.2) is 0 Å².